The maximum atomic E-state index is 12.2. The highest BCUT2D eigenvalue weighted by atomic mass is 16.6. The number of esters is 1. The van der Waals surface area contributed by atoms with E-state index in [0.29, 0.717) is 35.9 Å². The van der Waals surface area contributed by atoms with E-state index in [1.54, 1.807) is 18.2 Å². The van der Waals surface area contributed by atoms with Crippen molar-refractivity contribution in [2.75, 3.05) is 13.2 Å². The standard InChI is InChI=1S/C23H20O6/c1-14-3-6-18-17(12-22(25)29-23(18)15(14)2)13-28-21(24)8-5-16-4-7-19-20(11-16)27-10-9-26-19/h3-8,11-12H,9-10,13H2,1-2H3. The summed E-state index contributed by atoms with van der Waals surface area (Å²) in [5.74, 6) is 0.835. The van der Waals surface area contributed by atoms with E-state index in [4.69, 9.17) is 18.6 Å². The average Bonchev–Trinajstić information content (AvgIpc) is 2.73. The van der Waals surface area contributed by atoms with Crippen LogP contribution in [0.15, 0.2) is 51.7 Å². The van der Waals surface area contributed by atoms with Crippen LogP contribution in [0.2, 0.25) is 0 Å². The van der Waals surface area contributed by atoms with Crippen LogP contribution < -0.4 is 15.1 Å². The van der Waals surface area contributed by atoms with Gasteiger partial charge in [0.1, 0.15) is 25.4 Å². The highest BCUT2D eigenvalue weighted by molar-refractivity contribution is 5.88. The fourth-order valence-electron chi connectivity index (χ4n) is 3.17. The molecule has 0 radical (unpaired) electrons. The van der Waals surface area contributed by atoms with Crippen LogP contribution >= 0.6 is 0 Å². The van der Waals surface area contributed by atoms with Crippen molar-refractivity contribution < 1.29 is 23.4 Å². The first kappa shape index (κ1) is 18.8. The molecule has 2 aromatic carbocycles. The molecule has 1 aliphatic rings. The van der Waals surface area contributed by atoms with Crippen LogP contribution in [-0.2, 0) is 16.1 Å². The minimum absolute atomic E-state index is 0.0189. The first-order valence-electron chi connectivity index (χ1n) is 9.29. The van der Waals surface area contributed by atoms with Gasteiger partial charge in [0.15, 0.2) is 11.5 Å². The minimum atomic E-state index is -0.509. The minimum Gasteiger partial charge on any atom is -0.486 e. The zero-order chi connectivity index (χ0) is 20.4. The Morgan fingerprint density at radius 3 is 2.69 bits per heavy atom. The number of aryl methyl sites for hydroxylation is 2. The van der Waals surface area contributed by atoms with Crippen molar-refractivity contribution in [2.45, 2.75) is 20.5 Å². The van der Waals surface area contributed by atoms with Crippen molar-refractivity contribution in [1.29, 1.82) is 0 Å². The summed E-state index contributed by atoms with van der Waals surface area (Å²) in [4.78, 5) is 24.1. The number of carbonyl (C=O) groups excluding carboxylic acids is 1. The molecule has 0 saturated heterocycles. The molecule has 0 bridgehead atoms. The zero-order valence-electron chi connectivity index (χ0n) is 16.2. The van der Waals surface area contributed by atoms with Gasteiger partial charge < -0.3 is 18.6 Å². The lowest BCUT2D eigenvalue weighted by molar-refractivity contribution is -0.138. The lowest BCUT2D eigenvalue weighted by atomic mass is 10.0. The number of ether oxygens (including phenoxy) is 3. The average molecular weight is 392 g/mol. The number of benzene rings is 2. The molecule has 6 heteroatoms. The second-order valence-electron chi connectivity index (χ2n) is 6.82. The van der Waals surface area contributed by atoms with E-state index >= 15 is 0 Å². The van der Waals surface area contributed by atoms with Crippen molar-refractivity contribution in [3.05, 3.63) is 75.1 Å². The number of hydrogen-bond donors (Lipinski definition) is 0. The van der Waals surface area contributed by atoms with E-state index in [1.165, 1.54) is 12.1 Å². The van der Waals surface area contributed by atoms with Crippen molar-refractivity contribution in [1.82, 2.24) is 0 Å². The second kappa shape index (κ2) is 7.83. The molecule has 1 aliphatic heterocycles. The maximum Gasteiger partial charge on any atom is 0.336 e. The Balaban J connectivity index is 1.48. The van der Waals surface area contributed by atoms with Gasteiger partial charge in [-0.15, -0.1) is 0 Å². The number of fused-ring (bicyclic) bond motifs is 2. The lowest BCUT2D eigenvalue weighted by Crippen LogP contribution is -2.15. The molecule has 0 amide bonds. The molecule has 0 unspecified atom stereocenters. The third kappa shape index (κ3) is 4.01. The molecule has 0 spiro atoms. The third-order valence-corrected chi connectivity index (χ3v) is 4.87. The molecule has 6 nitrogen and oxygen atoms in total. The smallest absolute Gasteiger partial charge is 0.336 e. The van der Waals surface area contributed by atoms with E-state index in [2.05, 4.69) is 0 Å². The zero-order valence-corrected chi connectivity index (χ0v) is 16.2. The van der Waals surface area contributed by atoms with Gasteiger partial charge in [0.05, 0.1) is 0 Å². The highest BCUT2D eigenvalue weighted by Crippen LogP contribution is 2.31. The van der Waals surface area contributed by atoms with E-state index in [0.717, 1.165) is 22.1 Å². The van der Waals surface area contributed by atoms with Gasteiger partial charge in [-0.25, -0.2) is 9.59 Å². The summed E-state index contributed by atoms with van der Waals surface area (Å²) >= 11 is 0. The predicted octanol–water partition coefficient (Wildman–Crippen LogP) is 3.94. The van der Waals surface area contributed by atoms with E-state index in [1.807, 2.05) is 32.0 Å². The van der Waals surface area contributed by atoms with Gasteiger partial charge >= 0.3 is 11.6 Å². The quantitative estimate of drug-likeness (QED) is 0.380. The Kier molecular flexibility index (Phi) is 5.08. The molecule has 3 aromatic rings. The molecule has 148 valence electrons. The molecular formula is C23H20O6. The summed E-state index contributed by atoms with van der Waals surface area (Å²) in [6.07, 6.45) is 2.99. The van der Waals surface area contributed by atoms with Gasteiger partial charge in [-0.2, -0.15) is 0 Å². The number of carbonyl (C=O) groups is 1. The first-order valence-corrected chi connectivity index (χ1v) is 9.29. The Bertz CT molecular complexity index is 1170. The normalized spacial score (nSPS) is 13.0. The van der Waals surface area contributed by atoms with Crippen LogP contribution in [-0.4, -0.2) is 19.2 Å². The second-order valence-corrected chi connectivity index (χ2v) is 6.82. The monoisotopic (exact) mass is 392 g/mol. The van der Waals surface area contributed by atoms with Gasteiger partial charge in [0.25, 0.3) is 0 Å². The fourth-order valence-corrected chi connectivity index (χ4v) is 3.17. The fraction of sp³-hybridized carbons (Fsp3) is 0.217. The van der Waals surface area contributed by atoms with Crippen molar-refractivity contribution in [2.24, 2.45) is 0 Å². The molecule has 0 N–H and O–H groups in total. The summed E-state index contributed by atoms with van der Waals surface area (Å²) in [6.45, 7) is 4.85. The van der Waals surface area contributed by atoms with Gasteiger partial charge in [0.2, 0.25) is 0 Å². The van der Waals surface area contributed by atoms with Gasteiger partial charge in [0, 0.05) is 23.1 Å². The summed E-state index contributed by atoms with van der Waals surface area (Å²) in [7, 11) is 0. The van der Waals surface area contributed by atoms with E-state index in [-0.39, 0.29) is 6.61 Å². The summed E-state index contributed by atoms with van der Waals surface area (Å²) in [6, 6.07) is 10.6. The van der Waals surface area contributed by atoms with Crippen molar-refractivity contribution in [3.8, 4) is 11.5 Å². The Morgan fingerprint density at radius 1 is 1.07 bits per heavy atom. The predicted molar refractivity (Wildman–Crippen MR) is 108 cm³/mol. The lowest BCUT2D eigenvalue weighted by Gasteiger charge is -2.18. The van der Waals surface area contributed by atoms with Crippen LogP contribution in [0.25, 0.3) is 17.0 Å². The molecule has 0 saturated carbocycles. The SMILES string of the molecule is Cc1ccc2c(COC(=O)C=Cc3ccc4c(c3)OCCO4)cc(=O)oc2c1C. The third-order valence-electron chi connectivity index (χ3n) is 4.87. The Labute approximate surface area is 167 Å². The number of rotatable bonds is 4. The molecule has 0 fully saturated rings. The van der Waals surface area contributed by atoms with Gasteiger partial charge in [-0.05, 0) is 48.7 Å². The Hall–Kier alpha value is -3.54. The van der Waals surface area contributed by atoms with Gasteiger partial charge in [-0.1, -0.05) is 18.2 Å². The van der Waals surface area contributed by atoms with E-state index < -0.39 is 11.6 Å². The van der Waals surface area contributed by atoms with Crippen LogP contribution in [0.5, 0.6) is 11.5 Å². The molecule has 0 atom stereocenters. The van der Waals surface area contributed by atoms with Crippen molar-refractivity contribution in [3.63, 3.8) is 0 Å². The summed E-state index contributed by atoms with van der Waals surface area (Å²) in [5.41, 5.74) is 3.38. The molecule has 2 heterocycles. The van der Waals surface area contributed by atoms with Crippen LogP contribution in [0, 0.1) is 13.8 Å². The Morgan fingerprint density at radius 2 is 1.86 bits per heavy atom. The summed E-state index contributed by atoms with van der Waals surface area (Å²) in [5, 5.41) is 0.760. The van der Waals surface area contributed by atoms with Crippen LogP contribution in [0.4, 0.5) is 0 Å². The van der Waals surface area contributed by atoms with Crippen LogP contribution in [0.1, 0.15) is 22.3 Å². The van der Waals surface area contributed by atoms with Gasteiger partial charge in [-0.3, -0.25) is 0 Å². The molecule has 29 heavy (non-hydrogen) atoms. The summed E-state index contributed by atoms with van der Waals surface area (Å²) < 4.78 is 21.7. The topological polar surface area (TPSA) is 75.0 Å². The van der Waals surface area contributed by atoms with E-state index in [9.17, 15) is 9.59 Å². The molecule has 1 aromatic heterocycles. The largest absolute Gasteiger partial charge is 0.486 e. The first-order chi connectivity index (χ1) is 14.0. The molecule has 0 aliphatic carbocycles. The maximum absolute atomic E-state index is 12.2. The number of hydrogen-bond acceptors (Lipinski definition) is 6. The highest BCUT2D eigenvalue weighted by Gasteiger charge is 2.12. The molecular weight excluding hydrogens is 372 g/mol. The molecule has 4 rings (SSSR count). The van der Waals surface area contributed by atoms with Crippen molar-refractivity contribution >= 4 is 23.0 Å². The van der Waals surface area contributed by atoms with Crippen LogP contribution in [0.3, 0.4) is 0 Å².